The first-order valence-electron chi connectivity index (χ1n) is 6.45. The molecule has 21 heavy (non-hydrogen) atoms. The van der Waals surface area contributed by atoms with Crippen molar-refractivity contribution in [2.24, 2.45) is 0 Å². The smallest absolute Gasteiger partial charge is 0.186 e. The molecular formula is C17H12Cl2OS. The number of rotatable bonds is 3. The fourth-order valence-electron chi connectivity index (χ4n) is 2.47. The summed E-state index contributed by atoms with van der Waals surface area (Å²) in [5.74, 6) is -0.0251. The van der Waals surface area contributed by atoms with Crippen molar-refractivity contribution in [2.75, 3.05) is 6.26 Å². The number of halogens is 2. The maximum atomic E-state index is 12.1. The van der Waals surface area contributed by atoms with Crippen molar-refractivity contribution in [3.63, 3.8) is 0 Å². The molecule has 2 aromatic rings. The van der Waals surface area contributed by atoms with Gasteiger partial charge >= 0.3 is 0 Å². The van der Waals surface area contributed by atoms with Crippen molar-refractivity contribution in [3.05, 3.63) is 64.7 Å². The van der Waals surface area contributed by atoms with Gasteiger partial charge in [-0.25, -0.2) is 0 Å². The lowest BCUT2D eigenvalue weighted by atomic mass is 9.78. The van der Waals surface area contributed by atoms with E-state index < -0.39 is 5.38 Å². The lowest BCUT2D eigenvalue weighted by Gasteiger charge is -2.28. The molecule has 1 aliphatic carbocycles. The summed E-state index contributed by atoms with van der Waals surface area (Å²) in [6.07, 6.45) is 1.98. The highest BCUT2D eigenvalue weighted by Gasteiger charge is 2.39. The van der Waals surface area contributed by atoms with Crippen molar-refractivity contribution in [2.45, 2.75) is 10.3 Å². The number of hydrogen-bond donors (Lipinski definition) is 0. The second kappa shape index (κ2) is 5.88. The minimum absolute atomic E-state index is 0.0251. The Labute approximate surface area is 138 Å². The van der Waals surface area contributed by atoms with E-state index in [1.165, 1.54) is 0 Å². The molecule has 0 amide bonds. The summed E-state index contributed by atoms with van der Waals surface area (Å²) in [7, 11) is 0. The number of Topliss-reactive ketones (excluding diaryl/α,β-unsaturated/α-hetero) is 1. The Bertz CT molecular complexity index is 738. The van der Waals surface area contributed by atoms with E-state index in [1.807, 2.05) is 54.8 Å². The Morgan fingerprint density at radius 3 is 2.38 bits per heavy atom. The molecule has 0 saturated carbocycles. The van der Waals surface area contributed by atoms with Gasteiger partial charge in [-0.15, -0.1) is 23.4 Å². The molecule has 1 aliphatic rings. The molecule has 0 fully saturated rings. The van der Waals surface area contributed by atoms with Crippen LogP contribution in [0.2, 0.25) is 5.02 Å². The lowest BCUT2D eigenvalue weighted by molar-refractivity contribution is -0.113. The fourth-order valence-corrected chi connectivity index (χ4v) is 3.68. The highest BCUT2D eigenvalue weighted by molar-refractivity contribution is 7.98. The monoisotopic (exact) mass is 334 g/mol. The Morgan fingerprint density at radius 1 is 1.05 bits per heavy atom. The van der Waals surface area contributed by atoms with E-state index in [0.29, 0.717) is 10.6 Å². The summed E-state index contributed by atoms with van der Waals surface area (Å²) in [6, 6.07) is 15.4. The van der Waals surface area contributed by atoms with E-state index in [4.69, 9.17) is 23.2 Å². The number of allylic oxidation sites excluding steroid dienone is 2. The summed E-state index contributed by atoms with van der Waals surface area (Å²) >= 11 is 14.1. The second-order valence-corrected chi connectivity index (χ2v) is 6.42. The molecule has 0 bridgehead atoms. The molecule has 0 aromatic heterocycles. The zero-order valence-electron chi connectivity index (χ0n) is 11.3. The standard InChI is InChI=1S/C17H12Cl2OS/c1-21-13-8-7-11(9-12(13)18)14-15(17(20)16(14)19)10-5-3-2-4-6-10/h2-9,16H,1H3. The molecular weight excluding hydrogens is 323 g/mol. The van der Waals surface area contributed by atoms with Crippen LogP contribution in [0.1, 0.15) is 11.1 Å². The molecule has 0 N–H and O–H groups in total. The Hall–Kier alpha value is -1.22. The van der Waals surface area contributed by atoms with Crippen LogP contribution in [-0.4, -0.2) is 17.4 Å². The van der Waals surface area contributed by atoms with Gasteiger partial charge in [-0.3, -0.25) is 4.79 Å². The molecule has 1 unspecified atom stereocenters. The normalized spacial score (nSPS) is 17.9. The van der Waals surface area contributed by atoms with Gasteiger partial charge in [0.2, 0.25) is 0 Å². The van der Waals surface area contributed by atoms with E-state index >= 15 is 0 Å². The molecule has 1 nitrogen and oxygen atoms in total. The van der Waals surface area contributed by atoms with E-state index in [1.54, 1.807) is 11.8 Å². The van der Waals surface area contributed by atoms with E-state index in [-0.39, 0.29) is 5.78 Å². The molecule has 0 heterocycles. The second-order valence-electron chi connectivity index (χ2n) is 4.73. The number of thioether (sulfide) groups is 1. The SMILES string of the molecule is CSc1ccc(C2=C(c3ccccc3)C(=O)C2Cl)cc1Cl. The molecule has 0 spiro atoms. The summed E-state index contributed by atoms with van der Waals surface area (Å²) < 4.78 is 0. The zero-order valence-corrected chi connectivity index (χ0v) is 13.6. The number of alkyl halides is 1. The van der Waals surface area contributed by atoms with Crippen LogP contribution in [0, 0.1) is 0 Å². The molecule has 4 heteroatoms. The third kappa shape index (κ3) is 2.52. The molecule has 1 atom stereocenters. The Balaban J connectivity index is 2.13. The number of carbonyl (C=O) groups excluding carboxylic acids is 1. The molecule has 0 saturated heterocycles. The quantitative estimate of drug-likeness (QED) is 0.569. The third-order valence-electron chi connectivity index (χ3n) is 3.52. The number of ketones is 1. The van der Waals surface area contributed by atoms with Crippen LogP contribution < -0.4 is 0 Å². The van der Waals surface area contributed by atoms with Crippen LogP contribution in [0.4, 0.5) is 0 Å². The van der Waals surface area contributed by atoms with Gasteiger partial charge in [-0.2, -0.15) is 0 Å². The van der Waals surface area contributed by atoms with Gasteiger partial charge in [-0.05, 0) is 35.1 Å². The van der Waals surface area contributed by atoms with Gasteiger partial charge in [0.25, 0.3) is 0 Å². The van der Waals surface area contributed by atoms with Crippen molar-refractivity contribution in [1.82, 2.24) is 0 Å². The van der Waals surface area contributed by atoms with Gasteiger partial charge in [0.1, 0.15) is 5.38 Å². The molecule has 0 radical (unpaired) electrons. The van der Waals surface area contributed by atoms with Gasteiger partial charge in [0, 0.05) is 10.5 Å². The minimum atomic E-state index is -0.587. The van der Waals surface area contributed by atoms with Gasteiger partial charge < -0.3 is 0 Å². The van der Waals surface area contributed by atoms with E-state index in [9.17, 15) is 4.79 Å². The van der Waals surface area contributed by atoms with Gasteiger partial charge in [0.15, 0.2) is 5.78 Å². The highest BCUT2D eigenvalue weighted by atomic mass is 35.5. The predicted molar refractivity (Wildman–Crippen MR) is 91.1 cm³/mol. The molecule has 2 aromatic carbocycles. The summed E-state index contributed by atoms with van der Waals surface area (Å²) in [5, 5.41) is 0.0968. The molecule has 106 valence electrons. The number of benzene rings is 2. The minimum Gasteiger partial charge on any atom is -0.292 e. The molecule has 0 aliphatic heterocycles. The first-order chi connectivity index (χ1) is 10.1. The average molecular weight is 335 g/mol. The average Bonchev–Trinajstić information content (AvgIpc) is 2.52. The Kier molecular flexibility index (Phi) is 4.12. The number of carbonyl (C=O) groups is 1. The van der Waals surface area contributed by atoms with Crippen molar-refractivity contribution < 1.29 is 4.79 Å². The maximum absolute atomic E-state index is 12.1. The van der Waals surface area contributed by atoms with E-state index in [2.05, 4.69) is 0 Å². The van der Waals surface area contributed by atoms with Crippen LogP contribution in [0.5, 0.6) is 0 Å². The van der Waals surface area contributed by atoms with Crippen molar-refractivity contribution in [3.8, 4) is 0 Å². The molecule has 3 rings (SSSR count). The zero-order chi connectivity index (χ0) is 15.0. The highest BCUT2D eigenvalue weighted by Crippen LogP contribution is 2.44. The Morgan fingerprint density at radius 2 is 1.76 bits per heavy atom. The van der Waals surface area contributed by atoms with Crippen LogP contribution in [-0.2, 0) is 4.79 Å². The van der Waals surface area contributed by atoms with Crippen LogP contribution in [0.3, 0.4) is 0 Å². The largest absolute Gasteiger partial charge is 0.292 e. The fraction of sp³-hybridized carbons (Fsp3) is 0.118. The third-order valence-corrected chi connectivity index (χ3v) is 5.16. The van der Waals surface area contributed by atoms with Crippen LogP contribution >= 0.6 is 35.0 Å². The maximum Gasteiger partial charge on any atom is 0.186 e. The van der Waals surface area contributed by atoms with Crippen LogP contribution in [0.15, 0.2) is 53.4 Å². The van der Waals surface area contributed by atoms with E-state index in [0.717, 1.165) is 21.6 Å². The number of hydrogen-bond acceptors (Lipinski definition) is 2. The van der Waals surface area contributed by atoms with Crippen molar-refractivity contribution >= 4 is 51.9 Å². The first-order valence-corrected chi connectivity index (χ1v) is 8.49. The van der Waals surface area contributed by atoms with Crippen LogP contribution in [0.25, 0.3) is 11.1 Å². The van der Waals surface area contributed by atoms with Crippen molar-refractivity contribution in [1.29, 1.82) is 0 Å². The lowest BCUT2D eigenvalue weighted by Crippen LogP contribution is -2.30. The summed E-state index contributed by atoms with van der Waals surface area (Å²) in [4.78, 5) is 13.1. The predicted octanol–water partition coefficient (Wildman–Crippen LogP) is 5.16. The van der Waals surface area contributed by atoms with Gasteiger partial charge in [0.05, 0.1) is 5.02 Å². The first kappa shape index (κ1) is 14.7. The summed E-state index contributed by atoms with van der Waals surface area (Å²) in [5.41, 5.74) is 3.38. The van der Waals surface area contributed by atoms with Gasteiger partial charge in [-0.1, -0.05) is 48.0 Å². The topological polar surface area (TPSA) is 17.1 Å². The summed E-state index contributed by atoms with van der Waals surface area (Å²) in [6.45, 7) is 0.